The lowest BCUT2D eigenvalue weighted by Crippen LogP contribution is -2.41. The van der Waals surface area contributed by atoms with Gasteiger partial charge in [0.05, 0.1) is 28.8 Å². The molecule has 0 aliphatic carbocycles. The van der Waals surface area contributed by atoms with Gasteiger partial charge >= 0.3 is 7.12 Å². The number of hydrogen-bond donors (Lipinski definition) is 4. The summed E-state index contributed by atoms with van der Waals surface area (Å²) in [6, 6.07) is 64.1. The van der Waals surface area contributed by atoms with Crippen molar-refractivity contribution >= 4 is 108 Å². The Balaban J connectivity index is 0.000000141. The van der Waals surface area contributed by atoms with E-state index in [9.17, 15) is 4.79 Å². The number of benzene rings is 7. The lowest BCUT2D eigenvalue weighted by atomic mass is 9.80. The van der Waals surface area contributed by atoms with Crippen molar-refractivity contribution in [3.05, 3.63) is 252 Å². The molecule has 6 N–H and O–H groups in total. The minimum absolute atomic E-state index is 0. The number of amides is 1. The summed E-state index contributed by atoms with van der Waals surface area (Å²) in [4.78, 5) is 24.0. The first-order chi connectivity index (χ1) is 44.5. The maximum Gasteiger partial charge on any atom is 0.496 e. The quantitative estimate of drug-likeness (QED) is 0.0934. The third-order valence-electron chi connectivity index (χ3n) is 15.5. The highest BCUT2D eigenvalue weighted by Gasteiger charge is 2.51. The average molecular weight is 1290 g/mol. The van der Waals surface area contributed by atoms with Gasteiger partial charge in [-0.05, 0) is 84.8 Å². The molecule has 7 aromatic carbocycles. The molecule has 20 heteroatoms. The van der Waals surface area contributed by atoms with Crippen molar-refractivity contribution in [2.45, 2.75) is 59.8 Å². The van der Waals surface area contributed by atoms with E-state index >= 15 is 0 Å². The zero-order valence-electron chi connectivity index (χ0n) is 50.8. The van der Waals surface area contributed by atoms with Crippen LogP contribution in [0, 0.1) is 0 Å². The fourth-order valence-electron chi connectivity index (χ4n) is 10.4. The highest BCUT2D eigenvalue weighted by Crippen LogP contribution is 2.41. The summed E-state index contributed by atoms with van der Waals surface area (Å²) in [6.07, 6.45) is 10.0. The Hall–Kier alpha value is -10.3. The number of carbonyl (C=O) groups excluding carboxylic acids is 1. The van der Waals surface area contributed by atoms with Gasteiger partial charge in [-0.15, -0.1) is 30.6 Å². The van der Waals surface area contributed by atoms with Crippen molar-refractivity contribution in [1.82, 2.24) is 45.5 Å². The number of nitrogens with one attached hydrogen (secondary N) is 2. The van der Waals surface area contributed by atoms with Crippen molar-refractivity contribution in [2.75, 3.05) is 22.1 Å². The molecule has 0 saturated carbocycles. The minimum atomic E-state index is -0.388. The molecule has 6 aromatic heterocycles. The van der Waals surface area contributed by atoms with Gasteiger partial charge in [0, 0.05) is 99.0 Å². The number of nitrogen functional groups attached to an aromatic ring is 2. The fourth-order valence-corrected chi connectivity index (χ4v) is 11.1. The highest BCUT2D eigenvalue weighted by molar-refractivity contribution is 6.62. The molecule has 0 atom stereocenters. The minimum Gasteiger partial charge on any atom is -0.399 e. The number of fused-ring (bicyclic) bond motifs is 3. The molecule has 1 amide bonds. The molecule has 1 aliphatic rings. The van der Waals surface area contributed by atoms with Gasteiger partial charge in [-0.1, -0.05) is 218 Å². The summed E-state index contributed by atoms with van der Waals surface area (Å²) in [6.45, 7) is 10.2. The number of halogens is 3. The van der Waals surface area contributed by atoms with Gasteiger partial charge in [0.1, 0.15) is 11.4 Å². The number of hydrogen-bond acceptors (Lipinski definition) is 15. The molecule has 93 heavy (non-hydrogen) atoms. The van der Waals surface area contributed by atoms with E-state index in [1.807, 2.05) is 191 Å². The first-order valence-corrected chi connectivity index (χ1v) is 30.4. The third-order valence-corrected chi connectivity index (χ3v) is 16.3. The first kappa shape index (κ1) is 65.7. The second kappa shape index (κ2) is 29.3. The molecule has 0 unspecified atom stereocenters. The van der Waals surface area contributed by atoms with Crippen molar-refractivity contribution in [1.29, 1.82) is 0 Å². The van der Waals surface area contributed by atoms with Crippen LogP contribution in [-0.4, -0.2) is 69.8 Å². The number of anilines is 4. The zero-order valence-corrected chi connectivity index (χ0v) is 53.0. The maximum absolute atomic E-state index is 11.5. The second-order valence-electron chi connectivity index (χ2n) is 22.4. The topological polar surface area (TPSA) is 228 Å². The summed E-state index contributed by atoms with van der Waals surface area (Å²) in [5, 5.41) is 38.1. The van der Waals surface area contributed by atoms with Gasteiger partial charge < -0.3 is 31.4 Å². The Morgan fingerprint density at radius 2 is 0.892 bits per heavy atom. The molecular weight excluding hydrogens is 1220 g/mol. The summed E-state index contributed by atoms with van der Waals surface area (Å²) in [7, 11) is -0.388. The number of nitrogens with zero attached hydrogens (tertiary/aromatic N) is 9. The molecule has 1 saturated heterocycles. The van der Waals surface area contributed by atoms with Crippen LogP contribution in [0.1, 0.15) is 47.6 Å². The number of nitrogens with two attached hydrogens (primary N) is 2. The molecule has 0 radical (unpaired) electrons. The van der Waals surface area contributed by atoms with E-state index in [2.05, 4.69) is 86.5 Å². The van der Waals surface area contributed by atoms with Gasteiger partial charge in [0.2, 0.25) is 5.91 Å². The number of carbonyl (C=O) groups is 1. The summed E-state index contributed by atoms with van der Waals surface area (Å²) in [5.74, 6) is 0.565. The molecule has 1 fully saturated rings. The normalized spacial score (nSPS) is 12.7. The van der Waals surface area contributed by atoms with Crippen LogP contribution in [0.2, 0.25) is 15.5 Å². The van der Waals surface area contributed by atoms with Gasteiger partial charge in [0.25, 0.3) is 0 Å². The van der Waals surface area contributed by atoms with Crippen molar-refractivity contribution in [3.63, 3.8) is 0 Å². The van der Waals surface area contributed by atoms with E-state index < -0.39 is 0 Å². The number of pyridine rings is 3. The van der Waals surface area contributed by atoms with Crippen LogP contribution in [0.25, 0.3) is 88.2 Å². The second-order valence-corrected chi connectivity index (χ2v) is 23.5. The zero-order chi connectivity index (χ0) is 64.4. The van der Waals surface area contributed by atoms with Gasteiger partial charge in [-0.2, -0.15) is 0 Å². The fraction of sp³-hybridized carbons (Fsp3) is 0.123. The summed E-state index contributed by atoms with van der Waals surface area (Å²) >= 11 is 18.6. The SMILES string of the molecule is C.CC(=O)Nc1cncc(-c2nnc(NCc3ccccc3)c3c(-c4ccccc4)cccc23)c1.CC1(C)OB(c2cncc(N)c2)OC1(C)C.Clc1nnc(Cl)c2c(-c3ccccc3)cccc12.Nc1cncc(-c2nnc(Cl)c3c(-c4ccccc4)cccc23)c1. The third kappa shape index (κ3) is 15.2. The Kier molecular flexibility index (Phi) is 20.7. The Labute approximate surface area is 555 Å². The Morgan fingerprint density at radius 1 is 0.462 bits per heavy atom. The lowest BCUT2D eigenvalue weighted by molar-refractivity contribution is -0.114. The lowest BCUT2D eigenvalue weighted by Gasteiger charge is -2.32. The molecule has 14 rings (SSSR count). The Bertz CT molecular complexity index is 4740. The van der Waals surface area contributed by atoms with Crippen LogP contribution in [-0.2, 0) is 20.6 Å². The molecule has 0 bridgehead atoms. The van der Waals surface area contributed by atoms with Crippen LogP contribution in [0.4, 0.5) is 22.9 Å². The van der Waals surface area contributed by atoms with E-state index in [1.165, 1.54) is 6.92 Å². The average Bonchev–Trinajstić information content (AvgIpc) is 1.65. The van der Waals surface area contributed by atoms with Gasteiger partial charge in [0.15, 0.2) is 21.3 Å². The molecule has 1 aliphatic heterocycles. The van der Waals surface area contributed by atoms with Crippen LogP contribution in [0.3, 0.4) is 0 Å². The van der Waals surface area contributed by atoms with Gasteiger partial charge in [-0.25, -0.2) is 0 Å². The molecule has 16 nitrogen and oxygen atoms in total. The predicted octanol–water partition coefficient (Wildman–Crippen LogP) is 16.7. The summed E-state index contributed by atoms with van der Waals surface area (Å²) < 4.78 is 11.8. The molecular formula is C73H65BCl3N13O3. The predicted molar refractivity (Wildman–Crippen MR) is 380 cm³/mol. The Morgan fingerprint density at radius 3 is 1.42 bits per heavy atom. The molecule has 464 valence electrons. The maximum atomic E-state index is 11.5. The van der Waals surface area contributed by atoms with Crippen molar-refractivity contribution in [2.24, 2.45) is 0 Å². The van der Waals surface area contributed by atoms with E-state index in [4.69, 9.17) is 55.6 Å². The van der Waals surface area contributed by atoms with Crippen LogP contribution in [0.15, 0.2) is 231 Å². The van der Waals surface area contributed by atoms with E-state index in [0.29, 0.717) is 56.3 Å². The smallest absolute Gasteiger partial charge is 0.399 e. The molecule has 0 spiro atoms. The van der Waals surface area contributed by atoms with Crippen LogP contribution >= 0.6 is 34.8 Å². The van der Waals surface area contributed by atoms with Gasteiger partial charge in [-0.3, -0.25) is 19.7 Å². The molecule has 13 aromatic rings. The number of rotatable bonds is 10. The standard InChI is InChI=1S/C28H23N5O.C19H13ClN4.C14H8Cl2N2.C11H17BN2O2.CH4/c1-19(34)31-23-15-22(17-29-18-23)27-25-14-8-13-24(21-11-6-3-7-12-21)26(25)28(33-32-27)30-16-20-9-4-2-5-10-20;20-19-17-15(12-5-2-1-3-6-12)7-4-8-16(17)18(23-24-19)13-9-14(21)11-22-10-13;15-13-11-8-4-7-10(9-5-2-1-3-6-9)12(11)14(16)18-17-13;1-10(2)11(3,4)16-12(15-10)8-5-9(13)7-14-6-8;/h2-15,17-18H,16H2,1H3,(H,30,33)(H,31,34);1-11H,21H2;1-8H;5-7H,13H2,1-4H3;1H4. The number of aromatic nitrogens is 9. The first-order valence-electron chi connectivity index (χ1n) is 29.3. The van der Waals surface area contributed by atoms with E-state index in [-0.39, 0.29) is 31.7 Å². The largest absolute Gasteiger partial charge is 0.496 e. The van der Waals surface area contributed by atoms with E-state index in [0.717, 1.165) is 87.9 Å². The van der Waals surface area contributed by atoms with Crippen LogP contribution in [0.5, 0.6) is 0 Å². The molecule has 7 heterocycles. The van der Waals surface area contributed by atoms with E-state index in [1.54, 1.807) is 37.2 Å². The van der Waals surface area contributed by atoms with Crippen molar-refractivity contribution in [3.8, 4) is 55.9 Å². The monoisotopic (exact) mass is 1290 g/mol. The van der Waals surface area contributed by atoms with Crippen molar-refractivity contribution < 1.29 is 14.1 Å². The van der Waals surface area contributed by atoms with Crippen LogP contribution < -0.4 is 27.6 Å². The summed E-state index contributed by atoms with van der Waals surface area (Å²) in [5.41, 5.74) is 24.1. The highest BCUT2D eigenvalue weighted by atomic mass is 35.5.